The summed E-state index contributed by atoms with van der Waals surface area (Å²) in [7, 11) is 0. The van der Waals surface area contributed by atoms with Crippen molar-refractivity contribution in [2.24, 2.45) is 40.4 Å². The third-order valence-corrected chi connectivity index (χ3v) is 25.3. The smallest absolute Gasteiger partial charge is 0.303 e. The van der Waals surface area contributed by atoms with Crippen LogP contribution in [0.25, 0.3) is 0 Å². The second-order valence-corrected chi connectivity index (χ2v) is 31.6. The summed E-state index contributed by atoms with van der Waals surface area (Å²) in [5.74, 6) is -5.48. The zero-order chi connectivity index (χ0) is 76.5. The Balaban J connectivity index is 0.812. The molecule has 0 bridgehead atoms. The van der Waals surface area contributed by atoms with Crippen LogP contribution in [-0.4, -0.2) is 387 Å². The fourth-order valence-electron chi connectivity index (χ4n) is 19.4. The van der Waals surface area contributed by atoms with Crippen molar-refractivity contribution in [1.82, 2.24) is 0 Å². The lowest BCUT2D eigenvalue weighted by Crippen LogP contribution is -2.66. The van der Waals surface area contributed by atoms with Gasteiger partial charge in [-0.3, -0.25) is 4.79 Å². The molecule has 20 N–H and O–H groups in total. The molecule has 5 unspecified atom stereocenters. The Labute approximate surface area is 608 Å². The van der Waals surface area contributed by atoms with E-state index in [1.54, 1.807) is 0 Å². The van der Waals surface area contributed by atoms with E-state index in [0.717, 1.165) is 12.5 Å². The maximum Gasteiger partial charge on any atom is 0.303 e. The van der Waals surface area contributed by atoms with Gasteiger partial charge in [0.15, 0.2) is 50.1 Å². The Kier molecular flexibility index (Phi) is 24.4. The highest BCUT2D eigenvalue weighted by molar-refractivity contribution is 5.66. The van der Waals surface area contributed by atoms with Crippen LogP contribution in [0.15, 0.2) is 23.8 Å². The highest BCUT2D eigenvalue weighted by Gasteiger charge is 2.74. The summed E-state index contributed by atoms with van der Waals surface area (Å²) in [5, 5.41) is 223. The van der Waals surface area contributed by atoms with E-state index in [0.29, 0.717) is 25.7 Å². The van der Waals surface area contributed by atoms with Crippen LogP contribution in [0.3, 0.4) is 0 Å². The van der Waals surface area contributed by atoms with Crippen molar-refractivity contribution in [2.75, 3.05) is 52.9 Å². The number of hydrogen-bond acceptors (Lipinski definition) is 38. The fraction of sp³-hybridized carbons (Fsp3) is 0.926. The van der Waals surface area contributed by atoms with Crippen molar-refractivity contribution in [1.29, 1.82) is 0 Å². The van der Waals surface area contributed by atoms with E-state index in [9.17, 15) is 107 Å². The molecule has 13 rings (SSSR count). The number of aliphatic hydroxyl groups is 20. The van der Waals surface area contributed by atoms with E-state index in [1.165, 1.54) is 13.8 Å². The summed E-state index contributed by atoms with van der Waals surface area (Å²) >= 11 is 0. The molecule has 0 aromatic carbocycles. The molecular weight excluding hydrogens is 1420 g/mol. The third-order valence-electron chi connectivity index (χ3n) is 25.3. The summed E-state index contributed by atoms with van der Waals surface area (Å²) in [6.45, 7) is 7.00. The lowest BCUT2D eigenvalue weighted by Gasteiger charge is -2.61. The first-order chi connectivity index (χ1) is 50.1. The molecule has 38 heteroatoms. The van der Waals surface area contributed by atoms with Gasteiger partial charge in [-0.25, -0.2) is 0 Å². The lowest BCUT2D eigenvalue weighted by molar-refractivity contribution is -0.387. The van der Waals surface area contributed by atoms with Crippen molar-refractivity contribution in [3.63, 3.8) is 0 Å². The molecule has 44 atom stereocenters. The number of fused-ring (bicyclic) bond motifs is 7. The predicted octanol–water partition coefficient (Wildman–Crippen LogP) is -9.17. The van der Waals surface area contributed by atoms with E-state index >= 15 is 0 Å². The predicted molar refractivity (Wildman–Crippen MR) is 340 cm³/mol. The minimum absolute atomic E-state index is 0.0225. The third kappa shape index (κ3) is 14.3. The molecule has 0 radical (unpaired) electrons. The number of carbonyl (C=O) groups is 1. The molecule has 9 saturated heterocycles. The number of ether oxygens (including phenoxy) is 17. The van der Waals surface area contributed by atoms with Crippen molar-refractivity contribution in [3.05, 3.63) is 23.8 Å². The summed E-state index contributed by atoms with van der Waals surface area (Å²) in [5.41, 5.74) is -2.99. The molecule has 12 fully saturated rings. The van der Waals surface area contributed by atoms with E-state index in [1.807, 2.05) is 6.92 Å². The van der Waals surface area contributed by atoms with Crippen LogP contribution in [0.1, 0.15) is 73.1 Å². The summed E-state index contributed by atoms with van der Waals surface area (Å²) in [6, 6.07) is 0. The number of aliphatic hydroxyl groups excluding tert-OH is 19. The quantitative estimate of drug-likeness (QED) is 0.0422. The van der Waals surface area contributed by atoms with Crippen molar-refractivity contribution in [3.8, 4) is 0 Å². The van der Waals surface area contributed by atoms with Crippen LogP contribution in [0.2, 0.25) is 0 Å². The molecule has 13 aliphatic rings. The number of hydrogen-bond donors (Lipinski definition) is 20. The Morgan fingerprint density at radius 3 is 1.92 bits per heavy atom. The molecular formula is C68H106O38. The summed E-state index contributed by atoms with van der Waals surface area (Å²) in [4.78, 5) is 12.6. The Morgan fingerprint density at radius 2 is 1.24 bits per heavy atom. The van der Waals surface area contributed by atoms with Gasteiger partial charge in [-0.05, 0) is 74.7 Å². The maximum atomic E-state index is 13.0. The molecule has 9 heterocycles. The van der Waals surface area contributed by atoms with Gasteiger partial charge in [0.05, 0.1) is 83.4 Å². The van der Waals surface area contributed by atoms with Gasteiger partial charge in [-0.15, -0.1) is 0 Å². The Hall–Kier alpha value is -2.49. The number of rotatable bonds is 19. The zero-order valence-corrected chi connectivity index (χ0v) is 59.1. The van der Waals surface area contributed by atoms with Gasteiger partial charge in [0.2, 0.25) is 5.79 Å². The van der Waals surface area contributed by atoms with Gasteiger partial charge < -0.3 is 183 Å². The normalized spacial score (nSPS) is 55.4. The second-order valence-electron chi connectivity index (χ2n) is 31.6. The molecule has 606 valence electrons. The first-order valence-electron chi connectivity index (χ1n) is 36.5. The van der Waals surface area contributed by atoms with Gasteiger partial charge in [-0.1, -0.05) is 32.1 Å². The summed E-state index contributed by atoms with van der Waals surface area (Å²) in [6.07, 6.45) is -53.8. The number of esters is 1. The van der Waals surface area contributed by atoms with E-state index in [4.69, 9.17) is 80.5 Å². The highest BCUT2D eigenvalue weighted by atomic mass is 16.8. The molecule has 0 amide bonds. The van der Waals surface area contributed by atoms with Gasteiger partial charge in [0.25, 0.3) is 0 Å². The average Bonchev–Trinajstić information content (AvgIpc) is 1.49. The van der Waals surface area contributed by atoms with Crippen LogP contribution >= 0.6 is 0 Å². The molecule has 0 aromatic rings. The van der Waals surface area contributed by atoms with Crippen LogP contribution in [0.5, 0.6) is 0 Å². The first kappa shape index (κ1) is 81.5. The number of carbonyl (C=O) groups excluding carboxylic acids is 1. The number of allylic oxidation sites excluding steroid dienone is 1. The molecule has 1 spiro atoms. The first-order valence-corrected chi connectivity index (χ1v) is 36.5. The van der Waals surface area contributed by atoms with Gasteiger partial charge >= 0.3 is 5.97 Å². The van der Waals surface area contributed by atoms with Gasteiger partial charge in [0.1, 0.15) is 140 Å². The van der Waals surface area contributed by atoms with Crippen molar-refractivity contribution < 1.29 is 187 Å². The van der Waals surface area contributed by atoms with Gasteiger partial charge in [0, 0.05) is 30.6 Å². The largest absolute Gasteiger partial charge is 0.457 e. The van der Waals surface area contributed by atoms with Gasteiger partial charge in [-0.2, -0.15) is 0 Å². The van der Waals surface area contributed by atoms with Crippen molar-refractivity contribution >= 4 is 5.97 Å². The minimum Gasteiger partial charge on any atom is -0.457 e. The fourth-order valence-corrected chi connectivity index (χ4v) is 19.4. The maximum absolute atomic E-state index is 13.0. The highest BCUT2D eigenvalue weighted by Crippen LogP contribution is 2.71. The standard InChI is InChI=1S/C68H106O38/c1-22-16-94-68(56(86)49(22)102-60-47(84)43(80)39(76)23(2)95-60)31(17-90-62-54(45(82)42(79)36(15-70)99-62)101-53-44(81)41(78)35(14-69)98-58(53)88)38-34(106-68)13-30-28-8-7-26-11-27(73)12-37(66(26,6)29(28)9-10-65(30,38)5)100-63-55(51(33(75)19-92-63)103-59-46(83)40(77)32(74)18-91-59)105-61-48(85)52(50(24(3)96-61)97-25(4)72)104-64-57(87)67(89,20-71)21-93-64/h7,23-24,27-64,69-71,73-89H,1,8-21H2,2-6H3/t23-,24+,27-,28?,29?,30?,31?,32-,33+,34+,35-,36-,37-,38+,39+,40+,41-,42+,43+,44+,45+,46-,47-,48-,49+,50+,51+,52+,53-,54-,55-,56+,57+,58-,59+,60+,61+,62-,63+,64+,65+,66+,67-,68?/m1/s1. The van der Waals surface area contributed by atoms with E-state index in [2.05, 4.69) is 19.6 Å². The van der Waals surface area contributed by atoms with E-state index in [-0.39, 0.29) is 42.8 Å². The monoisotopic (exact) mass is 1530 g/mol. The Morgan fingerprint density at radius 1 is 0.594 bits per heavy atom. The Bertz CT molecular complexity index is 3050. The minimum atomic E-state index is -2.20. The van der Waals surface area contributed by atoms with Crippen molar-refractivity contribution in [2.45, 2.75) is 299 Å². The molecule has 106 heavy (non-hydrogen) atoms. The molecule has 3 saturated carbocycles. The topological polar surface area (TPSA) is 579 Å². The summed E-state index contributed by atoms with van der Waals surface area (Å²) < 4.78 is 106. The van der Waals surface area contributed by atoms with Crippen LogP contribution in [0.4, 0.5) is 0 Å². The molecule has 38 nitrogen and oxygen atoms in total. The molecule has 0 aromatic heterocycles. The second kappa shape index (κ2) is 31.7. The van der Waals surface area contributed by atoms with Crippen LogP contribution < -0.4 is 0 Å². The SMILES string of the molecule is C=C1COC2(O[C@H]3CC4C5CC=C6C[C@@H](O)C[C@@H](O[C@@H]7OC[C@H](O)[C@H](O[C@@H]8OC[C@@H](O)[C@H](O)[C@H]8O)[C@H]7O[C@@H]7O[C@@H](C)[C@H](OC(C)=O)[C@@H](O[C@@H]8OC[C@](O)(CO)[C@H]8O)[C@H]7O)[C@]6(C)C5CC[C@]4(C)[C@H]3C2CO[C@@H]2O[C@H](CO)[C@H](O)[C@H](O)[C@H]2O[C@@H]2[C@@H](O)[C@H](O)[C@@H](CO)O[C@H]2O)[C@@H](O)[C@H]1O[C@@H]1O[C@H](C)[C@H](O)[C@H](O)[C@H]1O. The van der Waals surface area contributed by atoms with E-state index < -0.39 is 301 Å². The molecule has 4 aliphatic carbocycles. The lowest BCUT2D eigenvalue weighted by atomic mass is 9.46. The van der Waals surface area contributed by atoms with Crippen LogP contribution in [0, 0.1) is 40.4 Å². The van der Waals surface area contributed by atoms with Crippen LogP contribution in [-0.2, 0) is 85.3 Å². The zero-order valence-electron chi connectivity index (χ0n) is 59.1. The molecule has 9 aliphatic heterocycles. The average molecular weight is 1530 g/mol.